The highest BCUT2D eigenvalue weighted by Crippen LogP contribution is 2.16. The van der Waals surface area contributed by atoms with Crippen molar-refractivity contribution in [3.05, 3.63) is 60.7 Å². The molecule has 1 atom stereocenters. The van der Waals surface area contributed by atoms with Gasteiger partial charge < -0.3 is 5.11 Å². The quantitative estimate of drug-likeness (QED) is 0.675. The van der Waals surface area contributed by atoms with Crippen LogP contribution < -0.4 is 10.4 Å². The molecule has 1 unspecified atom stereocenters. The van der Waals surface area contributed by atoms with Crippen LogP contribution in [0.4, 0.5) is 0 Å². The first-order valence-corrected chi connectivity index (χ1v) is 9.81. The van der Waals surface area contributed by atoms with Crippen molar-refractivity contribution in [3.63, 3.8) is 0 Å². The number of hydrogen-bond donors (Lipinski definition) is 1. The highest BCUT2D eigenvalue weighted by atomic mass is 28.3. The van der Waals surface area contributed by atoms with E-state index in [1.54, 1.807) is 0 Å². The van der Waals surface area contributed by atoms with E-state index in [0.29, 0.717) is 12.1 Å². The zero-order valence-corrected chi connectivity index (χ0v) is 13.9. The number of terminal acetylenes is 2. The Morgan fingerprint density at radius 1 is 0.870 bits per heavy atom. The molecule has 2 aromatic carbocycles. The molecule has 0 radical (unpaired) electrons. The lowest BCUT2D eigenvalue weighted by molar-refractivity contribution is 0.290. The van der Waals surface area contributed by atoms with Crippen LogP contribution in [-0.2, 0) is 0 Å². The summed E-state index contributed by atoms with van der Waals surface area (Å²) in [6.45, 7) is 0. The van der Waals surface area contributed by atoms with Gasteiger partial charge in [-0.3, -0.25) is 0 Å². The molecule has 0 heterocycles. The second-order valence-corrected chi connectivity index (χ2v) is 9.29. The average molecular weight is 314 g/mol. The SMILES string of the molecule is C#CC[Si](CC#CC(O)C#C)(c1ccccc1)c1ccccc1. The molecule has 0 saturated carbocycles. The van der Waals surface area contributed by atoms with Gasteiger partial charge in [-0.2, -0.15) is 0 Å². The van der Waals surface area contributed by atoms with Crippen molar-refractivity contribution in [1.29, 1.82) is 0 Å². The molecule has 0 bridgehead atoms. The van der Waals surface area contributed by atoms with Gasteiger partial charge in [0.25, 0.3) is 0 Å². The Morgan fingerprint density at radius 2 is 1.39 bits per heavy atom. The minimum Gasteiger partial charge on any atom is -0.369 e. The maximum Gasteiger partial charge on any atom is 0.176 e. The predicted octanol–water partition coefficient (Wildman–Crippen LogP) is 1.88. The molecule has 0 aromatic heterocycles. The third-order valence-electron chi connectivity index (χ3n) is 3.84. The van der Waals surface area contributed by atoms with E-state index in [1.165, 1.54) is 10.4 Å². The summed E-state index contributed by atoms with van der Waals surface area (Å²) in [5, 5.41) is 12.0. The van der Waals surface area contributed by atoms with E-state index in [1.807, 2.05) is 36.4 Å². The summed E-state index contributed by atoms with van der Waals surface area (Å²) in [6.07, 6.45) is 9.85. The minimum atomic E-state index is -2.22. The molecule has 1 nitrogen and oxygen atoms in total. The van der Waals surface area contributed by atoms with Crippen LogP contribution >= 0.6 is 0 Å². The van der Waals surface area contributed by atoms with Crippen LogP contribution in [0.1, 0.15) is 0 Å². The Balaban J connectivity index is 2.54. The molecule has 0 aliphatic heterocycles. The molecule has 0 aliphatic rings. The molecule has 1 N–H and O–H groups in total. The van der Waals surface area contributed by atoms with E-state index < -0.39 is 14.2 Å². The molecular weight excluding hydrogens is 296 g/mol. The van der Waals surface area contributed by atoms with Gasteiger partial charge in [0.2, 0.25) is 0 Å². The highest BCUT2D eigenvalue weighted by molar-refractivity contribution is 7.03. The molecule has 23 heavy (non-hydrogen) atoms. The van der Waals surface area contributed by atoms with E-state index in [9.17, 15) is 5.11 Å². The molecule has 0 amide bonds. The molecular formula is C21H18OSi. The summed E-state index contributed by atoms with van der Waals surface area (Å²) in [6, 6.07) is 21.9. The van der Waals surface area contributed by atoms with Gasteiger partial charge >= 0.3 is 0 Å². The lowest BCUT2D eigenvalue weighted by atomic mass is 10.4. The molecule has 0 spiro atoms. The average Bonchev–Trinajstić information content (AvgIpc) is 2.62. The van der Waals surface area contributed by atoms with Crippen LogP contribution in [0.3, 0.4) is 0 Å². The minimum absolute atomic E-state index is 0.629. The molecule has 2 rings (SSSR count). The fourth-order valence-corrected chi connectivity index (χ4v) is 6.35. The van der Waals surface area contributed by atoms with Gasteiger partial charge in [0.1, 0.15) is 8.07 Å². The zero-order chi connectivity index (χ0) is 16.5. The Hall–Kier alpha value is -2.70. The van der Waals surface area contributed by atoms with Crippen LogP contribution in [0.5, 0.6) is 0 Å². The first kappa shape index (κ1) is 16.7. The van der Waals surface area contributed by atoms with Gasteiger partial charge in [-0.15, -0.1) is 24.7 Å². The summed E-state index contributed by atoms with van der Waals surface area (Å²) < 4.78 is 0. The summed E-state index contributed by atoms with van der Waals surface area (Å²) in [5.74, 6) is 10.9. The lowest BCUT2D eigenvalue weighted by Crippen LogP contribution is -2.57. The van der Waals surface area contributed by atoms with Crippen molar-refractivity contribution >= 4 is 18.4 Å². The van der Waals surface area contributed by atoms with E-state index in [0.717, 1.165) is 0 Å². The summed E-state index contributed by atoms with van der Waals surface area (Å²) in [4.78, 5) is 0. The molecule has 0 aliphatic carbocycles. The van der Waals surface area contributed by atoms with Gasteiger partial charge in [0.15, 0.2) is 6.10 Å². The van der Waals surface area contributed by atoms with Crippen molar-refractivity contribution in [2.24, 2.45) is 0 Å². The van der Waals surface area contributed by atoms with E-state index in [4.69, 9.17) is 12.8 Å². The van der Waals surface area contributed by atoms with Crippen molar-refractivity contribution in [2.45, 2.75) is 18.2 Å². The van der Waals surface area contributed by atoms with Gasteiger partial charge in [0, 0.05) is 12.1 Å². The van der Waals surface area contributed by atoms with E-state index in [-0.39, 0.29) is 0 Å². The Bertz CT molecular complexity index is 730. The smallest absolute Gasteiger partial charge is 0.176 e. The first-order chi connectivity index (χ1) is 11.2. The predicted molar refractivity (Wildman–Crippen MR) is 99.0 cm³/mol. The van der Waals surface area contributed by atoms with Crippen LogP contribution in [0.25, 0.3) is 0 Å². The number of benzene rings is 2. The van der Waals surface area contributed by atoms with Crippen molar-refractivity contribution in [2.75, 3.05) is 0 Å². The lowest BCUT2D eigenvalue weighted by Gasteiger charge is -2.29. The molecule has 2 aromatic rings. The number of aliphatic hydroxyl groups is 1. The van der Waals surface area contributed by atoms with E-state index >= 15 is 0 Å². The maximum absolute atomic E-state index is 9.49. The normalized spacial score (nSPS) is 11.4. The Morgan fingerprint density at radius 3 is 1.83 bits per heavy atom. The number of hydrogen-bond acceptors (Lipinski definition) is 1. The monoisotopic (exact) mass is 314 g/mol. The van der Waals surface area contributed by atoms with Crippen LogP contribution in [-0.4, -0.2) is 19.3 Å². The fourth-order valence-electron chi connectivity index (χ4n) is 2.67. The molecule has 112 valence electrons. The van der Waals surface area contributed by atoms with Crippen molar-refractivity contribution < 1.29 is 5.11 Å². The zero-order valence-electron chi connectivity index (χ0n) is 12.9. The Kier molecular flexibility index (Phi) is 5.85. The third-order valence-corrected chi connectivity index (χ3v) is 8.31. The Labute approximate surface area is 139 Å². The largest absolute Gasteiger partial charge is 0.369 e. The number of rotatable bonds is 4. The highest BCUT2D eigenvalue weighted by Gasteiger charge is 2.35. The van der Waals surface area contributed by atoms with Crippen molar-refractivity contribution in [1.82, 2.24) is 0 Å². The molecule has 0 saturated heterocycles. The third kappa shape index (κ3) is 3.94. The summed E-state index contributed by atoms with van der Waals surface area (Å²) >= 11 is 0. The van der Waals surface area contributed by atoms with Gasteiger partial charge in [-0.1, -0.05) is 82.9 Å². The second-order valence-electron chi connectivity index (χ2n) is 5.26. The van der Waals surface area contributed by atoms with Crippen LogP contribution in [0, 0.1) is 36.5 Å². The fraction of sp³-hybridized carbons (Fsp3) is 0.143. The standard InChI is InChI=1S/C21H18OSi/c1-3-17-23(18-11-12-19(22)4-2,20-13-7-5-8-14-20)21-15-9-6-10-16-21/h1-2,5-10,13-16,19,22H,17-18H2. The summed E-state index contributed by atoms with van der Waals surface area (Å²) in [5.41, 5.74) is 0. The van der Waals surface area contributed by atoms with Crippen LogP contribution in [0.2, 0.25) is 12.1 Å². The second kappa shape index (κ2) is 8.07. The van der Waals surface area contributed by atoms with Gasteiger partial charge in [0.05, 0.1) is 0 Å². The molecule has 0 fully saturated rings. The van der Waals surface area contributed by atoms with E-state index in [2.05, 4.69) is 47.9 Å². The number of aliphatic hydroxyl groups excluding tert-OH is 1. The molecule has 2 heteroatoms. The summed E-state index contributed by atoms with van der Waals surface area (Å²) in [7, 11) is -2.22. The van der Waals surface area contributed by atoms with Gasteiger partial charge in [-0.25, -0.2) is 0 Å². The van der Waals surface area contributed by atoms with Crippen LogP contribution in [0.15, 0.2) is 60.7 Å². The first-order valence-electron chi connectivity index (χ1n) is 7.40. The van der Waals surface area contributed by atoms with Crippen molar-refractivity contribution in [3.8, 4) is 36.5 Å². The van der Waals surface area contributed by atoms with Gasteiger partial charge in [-0.05, 0) is 0 Å². The maximum atomic E-state index is 9.49. The topological polar surface area (TPSA) is 20.2 Å².